The Balaban J connectivity index is 1.66. The number of benzene rings is 1. The highest BCUT2D eigenvalue weighted by Crippen LogP contribution is 2.18. The molecular formula is C18H22FN3O4S2. The van der Waals surface area contributed by atoms with Gasteiger partial charge < -0.3 is 18.9 Å². The van der Waals surface area contributed by atoms with E-state index in [1.54, 1.807) is 18.1 Å². The number of methoxy groups -OCH3 is 1. The number of ether oxygens (including phenoxy) is 2. The van der Waals surface area contributed by atoms with Gasteiger partial charge in [0.25, 0.3) is 5.91 Å². The van der Waals surface area contributed by atoms with E-state index in [4.69, 9.17) is 9.47 Å². The molecule has 10 heteroatoms. The zero-order chi connectivity index (χ0) is 19.9. The van der Waals surface area contributed by atoms with Gasteiger partial charge in [-0.3, -0.25) is 9.59 Å². The third-order valence-electron chi connectivity index (χ3n) is 4.20. The van der Waals surface area contributed by atoms with Gasteiger partial charge in [-0.25, -0.2) is 4.39 Å². The molecule has 0 spiro atoms. The minimum absolute atomic E-state index is 0.00796. The summed E-state index contributed by atoms with van der Waals surface area (Å²) in [6.45, 7) is 3.26. The molecule has 0 bridgehead atoms. The highest BCUT2D eigenvalue weighted by Gasteiger charge is 2.17. The van der Waals surface area contributed by atoms with Crippen LogP contribution in [-0.4, -0.2) is 72.8 Å². The molecule has 7 nitrogen and oxygen atoms in total. The van der Waals surface area contributed by atoms with Crippen LogP contribution in [0.4, 0.5) is 4.39 Å². The minimum Gasteiger partial charge on any atom is -0.383 e. The van der Waals surface area contributed by atoms with E-state index in [1.165, 1.54) is 35.2 Å². The minimum atomic E-state index is -0.331. The summed E-state index contributed by atoms with van der Waals surface area (Å²) < 4.78 is 26.4. The standard InChI is InChI=1S/C18H22FN3O4S2/c1-25-7-6-22-14-3-2-13(19)10-15(14)28-18(22)20-16(23)11-27-12-17(24)21-4-8-26-9-5-21/h2-3,10H,4-9,11-12H2,1H3. The van der Waals surface area contributed by atoms with Crippen molar-refractivity contribution in [1.29, 1.82) is 0 Å². The van der Waals surface area contributed by atoms with E-state index in [2.05, 4.69) is 4.99 Å². The Morgan fingerprint density at radius 1 is 1.32 bits per heavy atom. The Labute approximate surface area is 170 Å². The number of amides is 2. The molecule has 1 fully saturated rings. The fraction of sp³-hybridized carbons (Fsp3) is 0.500. The summed E-state index contributed by atoms with van der Waals surface area (Å²) in [5.41, 5.74) is 0.810. The number of thioether (sulfide) groups is 1. The molecule has 0 N–H and O–H groups in total. The quantitative estimate of drug-likeness (QED) is 0.670. The van der Waals surface area contributed by atoms with E-state index in [0.29, 0.717) is 44.3 Å². The zero-order valence-corrected chi connectivity index (χ0v) is 17.2. The summed E-state index contributed by atoms with van der Waals surface area (Å²) in [7, 11) is 1.60. The lowest BCUT2D eigenvalue weighted by molar-refractivity contribution is -0.132. The van der Waals surface area contributed by atoms with Crippen LogP contribution in [0.3, 0.4) is 0 Å². The van der Waals surface area contributed by atoms with Crippen molar-refractivity contribution in [3.05, 3.63) is 28.8 Å². The summed E-state index contributed by atoms with van der Waals surface area (Å²) in [5.74, 6) is -0.291. The molecule has 0 radical (unpaired) electrons. The van der Waals surface area contributed by atoms with Gasteiger partial charge in [0, 0.05) is 26.7 Å². The number of nitrogens with zero attached hydrogens (tertiary/aromatic N) is 3. The van der Waals surface area contributed by atoms with Crippen LogP contribution in [0.25, 0.3) is 10.2 Å². The molecule has 0 atom stereocenters. The molecule has 152 valence electrons. The van der Waals surface area contributed by atoms with Crippen LogP contribution >= 0.6 is 23.1 Å². The molecule has 2 aromatic rings. The first-order chi connectivity index (χ1) is 13.6. The van der Waals surface area contributed by atoms with Crippen molar-refractivity contribution in [1.82, 2.24) is 9.47 Å². The van der Waals surface area contributed by atoms with E-state index in [-0.39, 0.29) is 29.1 Å². The van der Waals surface area contributed by atoms with Gasteiger partial charge in [-0.05, 0) is 18.2 Å². The maximum atomic E-state index is 13.5. The van der Waals surface area contributed by atoms with E-state index >= 15 is 0 Å². The number of aromatic nitrogens is 1. The van der Waals surface area contributed by atoms with Gasteiger partial charge in [-0.1, -0.05) is 11.3 Å². The Morgan fingerprint density at radius 3 is 2.86 bits per heavy atom. The molecule has 1 saturated heterocycles. The summed E-state index contributed by atoms with van der Waals surface area (Å²) >= 11 is 2.51. The van der Waals surface area contributed by atoms with Crippen molar-refractivity contribution in [2.45, 2.75) is 6.54 Å². The van der Waals surface area contributed by atoms with E-state index in [9.17, 15) is 14.0 Å². The van der Waals surface area contributed by atoms with Crippen molar-refractivity contribution < 1.29 is 23.5 Å². The van der Waals surface area contributed by atoms with E-state index in [0.717, 1.165) is 10.2 Å². The van der Waals surface area contributed by atoms with Crippen LogP contribution in [0, 0.1) is 5.82 Å². The lowest BCUT2D eigenvalue weighted by Crippen LogP contribution is -2.41. The number of carbonyl (C=O) groups is 2. The third kappa shape index (κ3) is 5.40. The maximum Gasteiger partial charge on any atom is 0.258 e. The number of fused-ring (bicyclic) bond motifs is 1. The van der Waals surface area contributed by atoms with Gasteiger partial charge in [-0.2, -0.15) is 4.99 Å². The predicted molar refractivity (Wildman–Crippen MR) is 107 cm³/mol. The molecule has 1 aliphatic heterocycles. The van der Waals surface area contributed by atoms with Crippen molar-refractivity contribution in [3.8, 4) is 0 Å². The van der Waals surface area contributed by atoms with Crippen molar-refractivity contribution in [2.24, 2.45) is 4.99 Å². The average Bonchev–Trinajstić information content (AvgIpc) is 3.02. The summed E-state index contributed by atoms with van der Waals surface area (Å²) in [4.78, 5) is 30.8. The lowest BCUT2D eigenvalue weighted by Gasteiger charge is -2.26. The number of rotatable bonds is 7. The van der Waals surface area contributed by atoms with E-state index in [1.807, 2.05) is 4.57 Å². The van der Waals surface area contributed by atoms with Crippen LogP contribution in [0.15, 0.2) is 23.2 Å². The Morgan fingerprint density at radius 2 is 2.11 bits per heavy atom. The van der Waals surface area contributed by atoms with Gasteiger partial charge in [0.05, 0.1) is 41.5 Å². The van der Waals surface area contributed by atoms with Crippen molar-refractivity contribution in [3.63, 3.8) is 0 Å². The molecule has 3 rings (SSSR count). The molecule has 2 amide bonds. The third-order valence-corrected chi connectivity index (χ3v) is 6.14. The van der Waals surface area contributed by atoms with Gasteiger partial charge in [0.1, 0.15) is 5.82 Å². The van der Waals surface area contributed by atoms with Crippen LogP contribution < -0.4 is 4.80 Å². The second-order valence-corrected chi connectivity index (χ2v) is 8.13. The maximum absolute atomic E-state index is 13.5. The van der Waals surface area contributed by atoms with Gasteiger partial charge in [-0.15, -0.1) is 11.8 Å². The number of halogens is 1. The molecule has 0 aliphatic carbocycles. The Hall–Kier alpha value is -1.75. The monoisotopic (exact) mass is 427 g/mol. The molecule has 1 aromatic carbocycles. The molecular weight excluding hydrogens is 405 g/mol. The fourth-order valence-electron chi connectivity index (χ4n) is 2.80. The van der Waals surface area contributed by atoms with Crippen LogP contribution in [0.5, 0.6) is 0 Å². The highest BCUT2D eigenvalue weighted by molar-refractivity contribution is 8.00. The summed E-state index contributed by atoms with van der Waals surface area (Å²) in [6, 6.07) is 4.50. The molecule has 1 aliphatic rings. The highest BCUT2D eigenvalue weighted by atomic mass is 32.2. The first-order valence-corrected chi connectivity index (χ1v) is 10.8. The topological polar surface area (TPSA) is 73.1 Å². The van der Waals surface area contributed by atoms with E-state index < -0.39 is 0 Å². The summed E-state index contributed by atoms with van der Waals surface area (Å²) in [5, 5.41) is 0. The Bertz CT molecular complexity index is 906. The smallest absolute Gasteiger partial charge is 0.258 e. The number of hydrogen-bond acceptors (Lipinski definition) is 6. The molecule has 28 heavy (non-hydrogen) atoms. The van der Waals surface area contributed by atoms with Crippen LogP contribution in [-0.2, 0) is 25.6 Å². The normalized spacial score (nSPS) is 15.4. The number of carbonyl (C=O) groups excluding carboxylic acids is 2. The zero-order valence-electron chi connectivity index (χ0n) is 15.6. The molecule has 0 unspecified atom stereocenters. The van der Waals surface area contributed by atoms with Crippen molar-refractivity contribution in [2.75, 3.05) is 51.5 Å². The first kappa shape index (κ1) is 21.0. The SMILES string of the molecule is COCCn1c(=NC(=O)CSCC(=O)N2CCOCC2)sc2cc(F)ccc21. The molecule has 2 heterocycles. The summed E-state index contributed by atoms with van der Waals surface area (Å²) in [6.07, 6.45) is 0. The number of thiazole rings is 1. The molecule has 0 saturated carbocycles. The van der Waals surface area contributed by atoms with Crippen LogP contribution in [0.2, 0.25) is 0 Å². The largest absolute Gasteiger partial charge is 0.383 e. The number of hydrogen-bond donors (Lipinski definition) is 0. The second kappa shape index (κ2) is 10.1. The second-order valence-electron chi connectivity index (χ2n) is 6.13. The lowest BCUT2D eigenvalue weighted by atomic mass is 10.3. The van der Waals surface area contributed by atoms with Crippen LogP contribution in [0.1, 0.15) is 0 Å². The van der Waals surface area contributed by atoms with Crippen molar-refractivity contribution >= 4 is 45.1 Å². The van der Waals surface area contributed by atoms with Gasteiger partial charge in [0.2, 0.25) is 5.91 Å². The molecule has 1 aromatic heterocycles. The first-order valence-electron chi connectivity index (χ1n) is 8.87. The van der Waals surface area contributed by atoms with Gasteiger partial charge >= 0.3 is 0 Å². The average molecular weight is 428 g/mol. The Kier molecular flexibility index (Phi) is 7.60. The number of morpholine rings is 1. The predicted octanol–water partition coefficient (Wildman–Crippen LogP) is 1.51. The van der Waals surface area contributed by atoms with Gasteiger partial charge in [0.15, 0.2) is 4.80 Å². The fourth-order valence-corrected chi connectivity index (χ4v) is 4.60.